The molecule has 0 fully saturated rings. The number of hydrogen-bond donors (Lipinski definition) is 2. The predicted octanol–water partition coefficient (Wildman–Crippen LogP) is 1.80. The molecule has 3 N–H and O–H groups in total. The molecule has 0 amide bonds. The van der Waals surface area contributed by atoms with E-state index < -0.39 is 29.6 Å². The molecule has 0 spiro atoms. The van der Waals surface area contributed by atoms with Crippen LogP contribution in [0.3, 0.4) is 0 Å². The molecule has 7 heteroatoms. The zero-order valence-electron chi connectivity index (χ0n) is 8.46. The van der Waals surface area contributed by atoms with E-state index in [9.17, 15) is 22.4 Å². The van der Waals surface area contributed by atoms with Gasteiger partial charge >= 0.3 is 12.1 Å². The van der Waals surface area contributed by atoms with Crippen molar-refractivity contribution in [1.82, 2.24) is 0 Å². The van der Waals surface area contributed by atoms with Crippen molar-refractivity contribution in [2.45, 2.75) is 18.6 Å². The molecule has 1 unspecified atom stereocenters. The highest BCUT2D eigenvalue weighted by atomic mass is 19.4. The normalized spacial score (nSPS) is 13.5. The van der Waals surface area contributed by atoms with Crippen LogP contribution in [0, 0.1) is 5.82 Å². The third-order valence-electron chi connectivity index (χ3n) is 2.11. The molecule has 1 aromatic carbocycles. The van der Waals surface area contributed by atoms with Gasteiger partial charge in [0.25, 0.3) is 0 Å². The number of benzene rings is 1. The van der Waals surface area contributed by atoms with Gasteiger partial charge in [-0.2, -0.15) is 13.2 Å². The van der Waals surface area contributed by atoms with Crippen molar-refractivity contribution >= 4 is 5.97 Å². The summed E-state index contributed by atoms with van der Waals surface area (Å²) in [4.78, 5) is 10.4. The van der Waals surface area contributed by atoms with Crippen molar-refractivity contribution in [2.75, 3.05) is 0 Å². The second kappa shape index (κ2) is 4.70. The first kappa shape index (κ1) is 13.4. The molecule has 0 saturated carbocycles. The summed E-state index contributed by atoms with van der Waals surface area (Å²) in [6.07, 6.45) is -5.00. The molecule has 1 atom stereocenters. The number of hydrogen-bond acceptors (Lipinski definition) is 2. The Morgan fingerprint density at radius 1 is 1.41 bits per heavy atom. The maximum Gasteiger partial charge on any atom is 0.419 e. The van der Waals surface area contributed by atoms with E-state index in [-0.39, 0.29) is 12.0 Å². The molecule has 3 nitrogen and oxygen atoms in total. The monoisotopic (exact) mass is 251 g/mol. The van der Waals surface area contributed by atoms with E-state index in [1.54, 1.807) is 0 Å². The van der Waals surface area contributed by atoms with Gasteiger partial charge in [0.2, 0.25) is 0 Å². The second-order valence-corrected chi connectivity index (χ2v) is 3.46. The Hall–Kier alpha value is -1.63. The average molecular weight is 251 g/mol. The number of aliphatic carboxylic acids is 1. The molecule has 0 bridgehead atoms. The van der Waals surface area contributed by atoms with Crippen molar-refractivity contribution in [2.24, 2.45) is 5.73 Å². The first-order chi connectivity index (χ1) is 7.71. The molecule has 1 aromatic rings. The smallest absolute Gasteiger partial charge is 0.419 e. The molecule has 1 rings (SSSR count). The number of alkyl halides is 3. The molecule has 0 aliphatic heterocycles. The standard InChI is InChI=1S/C10H9F4NO2/c11-7-3-5(4-8(15)9(16)17)1-2-6(7)10(12,13)14/h1-3,8H,4,15H2,(H,16,17). The molecule has 0 saturated heterocycles. The Bertz CT molecular complexity index is 431. The van der Waals surface area contributed by atoms with E-state index in [0.717, 1.165) is 6.07 Å². The zero-order valence-corrected chi connectivity index (χ0v) is 8.46. The number of halogens is 4. The minimum absolute atomic E-state index is 0.102. The van der Waals surface area contributed by atoms with Gasteiger partial charge in [-0.15, -0.1) is 0 Å². The van der Waals surface area contributed by atoms with Crippen LogP contribution in [0.2, 0.25) is 0 Å². The predicted molar refractivity (Wildman–Crippen MR) is 50.7 cm³/mol. The van der Waals surface area contributed by atoms with Crippen molar-refractivity contribution < 1.29 is 27.5 Å². The fraction of sp³-hybridized carbons (Fsp3) is 0.300. The van der Waals surface area contributed by atoms with Gasteiger partial charge in [-0.05, 0) is 24.1 Å². The number of rotatable bonds is 3. The Kier molecular flexibility index (Phi) is 3.72. The molecule has 0 aliphatic rings. The highest BCUT2D eigenvalue weighted by Crippen LogP contribution is 2.31. The quantitative estimate of drug-likeness (QED) is 0.805. The minimum Gasteiger partial charge on any atom is -0.480 e. The van der Waals surface area contributed by atoms with Gasteiger partial charge in [-0.25, -0.2) is 4.39 Å². The Labute approximate surface area is 93.8 Å². The largest absolute Gasteiger partial charge is 0.480 e. The molecular formula is C10H9F4NO2. The molecule has 0 aromatic heterocycles. The molecule has 17 heavy (non-hydrogen) atoms. The van der Waals surface area contributed by atoms with Gasteiger partial charge in [-0.1, -0.05) is 6.07 Å². The summed E-state index contributed by atoms with van der Waals surface area (Å²) in [7, 11) is 0. The highest BCUT2D eigenvalue weighted by molar-refractivity contribution is 5.73. The zero-order chi connectivity index (χ0) is 13.2. The van der Waals surface area contributed by atoms with Crippen LogP contribution in [0.15, 0.2) is 18.2 Å². The summed E-state index contributed by atoms with van der Waals surface area (Å²) in [6, 6.07) is 0.950. The van der Waals surface area contributed by atoms with Crippen molar-refractivity contribution in [3.8, 4) is 0 Å². The van der Waals surface area contributed by atoms with Gasteiger partial charge in [-0.3, -0.25) is 4.79 Å². The van der Waals surface area contributed by atoms with Gasteiger partial charge in [0.15, 0.2) is 0 Å². The molecule has 0 radical (unpaired) electrons. The molecular weight excluding hydrogens is 242 g/mol. The van der Waals surface area contributed by atoms with Crippen LogP contribution in [-0.4, -0.2) is 17.1 Å². The van der Waals surface area contributed by atoms with Crippen molar-refractivity contribution in [3.05, 3.63) is 35.1 Å². The average Bonchev–Trinajstić information content (AvgIpc) is 2.15. The van der Waals surface area contributed by atoms with Crippen LogP contribution in [0.5, 0.6) is 0 Å². The fourth-order valence-corrected chi connectivity index (χ4v) is 1.26. The summed E-state index contributed by atoms with van der Waals surface area (Å²) in [5.41, 5.74) is 3.90. The number of nitrogens with two attached hydrogens (primary N) is 1. The Morgan fingerprint density at radius 2 is 2.00 bits per heavy atom. The summed E-state index contributed by atoms with van der Waals surface area (Å²) < 4.78 is 49.7. The third kappa shape index (κ3) is 3.42. The van der Waals surface area contributed by atoms with Crippen LogP contribution in [-0.2, 0) is 17.4 Å². The van der Waals surface area contributed by atoms with E-state index >= 15 is 0 Å². The van der Waals surface area contributed by atoms with Crippen molar-refractivity contribution in [1.29, 1.82) is 0 Å². The first-order valence-electron chi connectivity index (χ1n) is 4.56. The number of carbonyl (C=O) groups is 1. The fourth-order valence-electron chi connectivity index (χ4n) is 1.26. The highest BCUT2D eigenvalue weighted by Gasteiger charge is 2.33. The topological polar surface area (TPSA) is 63.3 Å². The van der Waals surface area contributed by atoms with E-state index in [4.69, 9.17) is 10.8 Å². The van der Waals surface area contributed by atoms with E-state index in [1.165, 1.54) is 0 Å². The lowest BCUT2D eigenvalue weighted by atomic mass is 10.0. The van der Waals surface area contributed by atoms with Crippen LogP contribution < -0.4 is 5.73 Å². The van der Waals surface area contributed by atoms with E-state index in [2.05, 4.69) is 0 Å². The van der Waals surface area contributed by atoms with Gasteiger partial charge in [0.1, 0.15) is 11.9 Å². The van der Waals surface area contributed by atoms with E-state index in [0.29, 0.717) is 12.1 Å². The maximum absolute atomic E-state index is 13.1. The van der Waals surface area contributed by atoms with E-state index in [1.807, 2.05) is 0 Å². The lowest BCUT2D eigenvalue weighted by Crippen LogP contribution is -2.32. The first-order valence-corrected chi connectivity index (χ1v) is 4.56. The maximum atomic E-state index is 13.1. The summed E-state index contributed by atoms with van der Waals surface area (Å²) >= 11 is 0. The van der Waals surface area contributed by atoms with Gasteiger partial charge in [0.05, 0.1) is 5.56 Å². The molecule has 0 heterocycles. The SMILES string of the molecule is NC(Cc1ccc(C(F)(F)F)c(F)c1)C(=O)O. The summed E-state index contributed by atoms with van der Waals surface area (Å²) in [5, 5.41) is 8.50. The van der Waals surface area contributed by atoms with Gasteiger partial charge < -0.3 is 10.8 Å². The molecule has 94 valence electrons. The lowest BCUT2D eigenvalue weighted by molar-refractivity contribution is -0.140. The van der Waals surface area contributed by atoms with Crippen LogP contribution in [0.25, 0.3) is 0 Å². The molecule has 0 aliphatic carbocycles. The van der Waals surface area contributed by atoms with Gasteiger partial charge in [0, 0.05) is 0 Å². The Balaban J connectivity index is 2.94. The van der Waals surface area contributed by atoms with Crippen LogP contribution >= 0.6 is 0 Å². The second-order valence-electron chi connectivity index (χ2n) is 3.46. The summed E-state index contributed by atoms with van der Waals surface area (Å²) in [6.45, 7) is 0. The third-order valence-corrected chi connectivity index (χ3v) is 2.11. The Morgan fingerprint density at radius 3 is 2.41 bits per heavy atom. The van der Waals surface area contributed by atoms with Crippen LogP contribution in [0.4, 0.5) is 17.6 Å². The minimum atomic E-state index is -4.77. The number of carboxylic acids is 1. The summed E-state index contributed by atoms with van der Waals surface area (Å²) in [5.74, 6) is -2.74. The van der Waals surface area contributed by atoms with Crippen molar-refractivity contribution in [3.63, 3.8) is 0 Å². The number of carboxylic acid groups (broad SMARTS) is 1. The lowest BCUT2D eigenvalue weighted by Gasteiger charge is -2.10. The van der Waals surface area contributed by atoms with Crippen LogP contribution in [0.1, 0.15) is 11.1 Å².